The molecule has 2 aromatic rings. The molecule has 0 aliphatic carbocycles. The molecule has 0 heterocycles. The quantitative estimate of drug-likeness (QED) is 0.758. The molecule has 0 saturated heterocycles. The number of amides is 2. The van der Waals surface area contributed by atoms with Crippen LogP contribution in [-0.4, -0.2) is 18.9 Å². The van der Waals surface area contributed by atoms with Crippen LogP contribution in [0.4, 0.5) is 11.4 Å². The van der Waals surface area contributed by atoms with Crippen molar-refractivity contribution in [1.29, 1.82) is 0 Å². The van der Waals surface area contributed by atoms with Gasteiger partial charge in [-0.1, -0.05) is 31.0 Å². The third kappa shape index (κ3) is 5.09. The molecule has 26 heavy (non-hydrogen) atoms. The van der Waals surface area contributed by atoms with Crippen molar-refractivity contribution >= 4 is 23.2 Å². The Morgan fingerprint density at radius 3 is 2.46 bits per heavy atom. The van der Waals surface area contributed by atoms with Gasteiger partial charge in [0.25, 0.3) is 5.91 Å². The summed E-state index contributed by atoms with van der Waals surface area (Å²) >= 11 is 0. The summed E-state index contributed by atoms with van der Waals surface area (Å²) in [5, 5.41) is 5.72. The number of unbranched alkanes of at least 4 members (excludes halogenated alkanes) is 1. The largest absolute Gasteiger partial charge is 0.494 e. The van der Waals surface area contributed by atoms with Gasteiger partial charge in [-0.3, -0.25) is 9.59 Å². The summed E-state index contributed by atoms with van der Waals surface area (Å²) in [5.74, 6) is 0.287. The van der Waals surface area contributed by atoms with Gasteiger partial charge in [0.05, 0.1) is 12.8 Å². The third-order valence-electron chi connectivity index (χ3n) is 4.12. The van der Waals surface area contributed by atoms with Gasteiger partial charge in [-0.15, -0.1) is 0 Å². The number of anilines is 2. The van der Waals surface area contributed by atoms with Crippen LogP contribution in [0.15, 0.2) is 36.4 Å². The van der Waals surface area contributed by atoms with Gasteiger partial charge >= 0.3 is 0 Å². The first kappa shape index (κ1) is 19.5. The second kappa shape index (κ2) is 9.04. The second-order valence-corrected chi connectivity index (χ2v) is 6.34. The summed E-state index contributed by atoms with van der Waals surface area (Å²) < 4.78 is 5.35. The highest BCUT2D eigenvalue weighted by atomic mass is 16.5. The number of methoxy groups -OCH3 is 1. The lowest BCUT2D eigenvalue weighted by Crippen LogP contribution is -2.14. The fourth-order valence-corrected chi connectivity index (χ4v) is 2.69. The average Bonchev–Trinajstić information content (AvgIpc) is 2.61. The monoisotopic (exact) mass is 354 g/mol. The van der Waals surface area contributed by atoms with Crippen LogP contribution in [0.3, 0.4) is 0 Å². The van der Waals surface area contributed by atoms with Gasteiger partial charge in [0, 0.05) is 23.7 Å². The van der Waals surface area contributed by atoms with Crippen molar-refractivity contribution in [3.05, 3.63) is 53.1 Å². The highest BCUT2D eigenvalue weighted by molar-refractivity contribution is 6.05. The molecular weight excluding hydrogens is 328 g/mol. The Morgan fingerprint density at radius 2 is 1.81 bits per heavy atom. The maximum atomic E-state index is 12.5. The van der Waals surface area contributed by atoms with Crippen molar-refractivity contribution < 1.29 is 14.3 Å². The van der Waals surface area contributed by atoms with E-state index in [1.165, 1.54) is 7.11 Å². The molecule has 0 atom stereocenters. The number of rotatable bonds is 7. The molecule has 0 aliphatic heterocycles. The van der Waals surface area contributed by atoms with E-state index in [0.717, 1.165) is 24.0 Å². The molecule has 0 radical (unpaired) electrons. The van der Waals surface area contributed by atoms with Gasteiger partial charge in [0.2, 0.25) is 5.91 Å². The molecule has 0 unspecified atom stereocenters. The van der Waals surface area contributed by atoms with Crippen molar-refractivity contribution in [1.82, 2.24) is 0 Å². The Kier molecular flexibility index (Phi) is 6.78. The molecule has 0 aliphatic rings. The number of aryl methyl sites for hydroxylation is 2. The van der Waals surface area contributed by atoms with Crippen LogP contribution in [0.1, 0.15) is 47.7 Å². The second-order valence-electron chi connectivity index (χ2n) is 6.34. The zero-order chi connectivity index (χ0) is 19.1. The molecule has 0 spiro atoms. The van der Waals surface area contributed by atoms with Gasteiger partial charge in [-0.25, -0.2) is 0 Å². The van der Waals surface area contributed by atoms with Crippen molar-refractivity contribution in [2.75, 3.05) is 17.7 Å². The van der Waals surface area contributed by atoms with Crippen LogP contribution in [0, 0.1) is 13.8 Å². The molecule has 5 heteroatoms. The van der Waals surface area contributed by atoms with E-state index in [0.29, 0.717) is 29.1 Å². The predicted octanol–water partition coefficient (Wildman–Crippen LogP) is 4.69. The van der Waals surface area contributed by atoms with E-state index >= 15 is 0 Å². The zero-order valence-corrected chi connectivity index (χ0v) is 15.8. The van der Waals surface area contributed by atoms with Crippen molar-refractivity contribution in [3.63, 3.8) is 0 Å². The van der Waals surface area contributed by atoms with Crippen LogP contribution in [0.25, 0.3) is 0 Å². The summed E-state index contributed by atoms with van der Waals surface area (Å²) in [7, 11) is 1.53. The number of nitrogens with one attached hydrogen (secondary N) is 2. The first-order valence-corrected chi connectivity index (χ1v) is 8.81. The van der Waals surface area contributed by atoms with E-state index in [2.05, 4.69) is 10.6 Å². The number of carbonyl (C=O) groups excluding carboxylic acids is 2. The Labute approximate surface area is 154 Å². The minimum absolute atomic E-state index is 0.0442. The van der Waals surface area contributed by atoms with Crippen LogP contribution < -0.4 is 15.4 Å². The molecule has 5 nitrogen and oxygen atoms in total. The molecule has 0 aromatic heterocycles. The van der Waals surface area contributed by atoms with Gasteiger partial charge in [0.15, 0.2) is 0 Å². The van der Waals surface area contributed by atoms with E-state index in [-0.39, 0.29) is 11.8 Å². The van der Waals surface area contributed by atoms with E-state index in [4.69, 9.17) is 4.74 Å². The van der Waals surface area contributed by atoms with E-state index in [1.54, 1.807) is 18.2 Å². The first-order chi connectivity index (χ1) is 12.4. The summed E-state index contributed by atoms with van der Waals surface area (Å²) in [6, 6.07) is 10.9. The fourth-order valence-electron chi connectivity index (χ4n) is 2.69. The van der Waals surface area contributed by atoms with Gasteiger partial charge in [-0.2, -0.15) is 0 Å². The van der Waals surface area contributed by atoms with Crippen LogP contribution in [0.5, 0.6) is 5.75 Å². The first-order valence-electron chi connectivity index (χ1n) is 8.81. The molecule has 138 valence electrons. The molecule has 2 N–H and O–H groups in total. The van der Waals surface area contributed by atoms with E-state index in [1.807, 2.05) is 39.0 Å². The van der Waals surface area contributed by atoms with Crippen molar-refractivity contribution in [3.8, 4) is 5.75 Å². The SMILES string of the molecule is CCCCC(=O)Nc1ccc(NC(=O)c2ccc(C)cc2C)cc1OC. The smallest absolute Gasteiger partial charge is 0.255 e. The maximum absolute atomic E-state index is 12.5. The number of carbonyl (C=O) groups is 2. The standard InChI is InChI=1S/C21H26N2O3/c1-5-6-7-20(24)23-18-11-9-16(13-19(18)26-4)22-21(25)17-10-8-14(2)12-15(17)3/h8-13H,5-7H2,1-4H3,(H,22,25)(H,23,24). The Bertz CT molecular complexity index is 800. The maximum Gasteiger partial charge on any atom is 0.255 e. The molecule has 2 rings (SSSR count). The highest BCUT2D eigenvalue weighted by Crippen LogP contribution is 2.28. The predicted molar refractivity (Wildman–Crippen MR) is 105 cm³/mol. The number of hydrogen-bond donors (Lipinski definition) is 2. The Hall–Kier alpha value is -2.82. The Morgan fingerprint density at radius 1 is 1.04 bits per heavy atom. The zero-order valence-electron chi connectivity index (χ0n) is 15.8. The van der Waals surface area contributed by atoms with Gasteiger partial charge < -0.3 is 15.4 Å². The minimum atomic E-state index is -0.177. The number of ether oxygens (including phenoxy) is 1. The van der Waals surface area contributed by atoms with Crippen LogP contribution in [0.2, 0.25) is 0 Å². The van der Waals surface area contributed by atoms with Crippen molar-refractivity contribution in [2.24, 2.45) is 0 Å². The lowest BCUT2D eigenvalue weighted by Gasteiger charge is -2.13. The minimum Gasteiger partial charge on any atom is -0.494 e. The Balaban J connectivity index is 2.13. The lowest BCUT2D eigenvalue weighted by molar-refractivity contribution is -0.116. The summed E-state index contributed by atoms with van der Waals surface area (Å²) in [6.07, 6.45) is 2.29. The molecule has 0 bridgehead atoms. The topological polar surface area (TPSA) is 67.4 Å². The number of hydrogen-bond acceptors (Lipinski definition) is 3. The summed E-state index contributed by atoms with van der Waals surface area (Å²) in [4.78, 5) is 24.4. The normalized spacial score (nSPS) is 10.3. The van der Waals surface area contributed by atoms with Crippen molar-refractivity contribution in [2.45, 2.75) is 40.0 Å². The fraction of sp³-hybridized carbons (Fsp3) is 0.333. The average molecular weight is 354 g/mol. The third-order valence-corrected chi connectivity index (χ3v) is 4.12. The summed E-state index contributed by atoms with van der Waals surface area (Å²) in [6.45, 7) is 5.95. The number of benzene rings is 2. The van der Waals surface area contributed by atoms with Gasteiger partial charge in [-0.05, 0) is 44.0 Å². The van der Waals surface area contributed by atoms with Crippen LogP contribution >= 0.6 is 0 Å². The highest BCUT2D eigenvalue weighted by Gasteiger charge is 2.12. The van der Waals surface area contributed by atoms with Gasteiger partial charge in [0.1, 0.15) is 5.75 Å². The van der Waals surface area contributed by atoms with Crippen LogP contribution in [-0.2, 0) is 4.79 Å². The van der Waals surface area contributed by atoms with E-state index < -0.39 is 0 Å². The van der Waals surface area contributed by atoms with E-state index in [9.17, 15) is 9.59 Å². The molecule has 2 aromatic carbocycles. The molecular formula is C21H26N2O3. The lowest BCUT2D eigenvalue weighted by atomic mass is 10.1. The molecule has 0 saturated carbocycles. The summed E-state index contributed by atoms with van der Waals surface area (Å²) in [5.41, 5.74) is 3.88. The molecule has 2 amide bonds. The molecule has 0 fully saturated rings.